The number of rotatable bonds is 5. The maximum atomic E-state index is 13.8. The zero-order chi connectivity index (χ0) is 27.5. The van der Waals surface area contributed by atoms with Gasteiger partial charge in [-0.2, -0.15) is 0 Å². The summed E-state index contributed by atoms with van der Waals surface area (Å²) in [6.07, 6.45) is 0.874. The van der Waals surface area contributed by atoms with Crippen molar-refractivity contribution in [3.63, 3.8) is 0 Å². The molecular weight excluding hydrogens is 538 g/mol. The number of anilines is 1. The van der Waals surface area contributed by atoms with Crippen molar-refractivity contribution in [1.29, 1.82) is 0 Å². The van der Waals surface area contributed by atoms with Crippen molar-refractivity contribution in [1.82, 2.24) is 10.2 Å². The minimum Gasteiger partial charge on any atom is -0.450 e. The third-order valence-electron chi connectivity index (χ3n) is 6.88. The van der Waals surface area contributed by atoms with Gasteiger partial charge in [0, 0.05) is 29.7 Å². The minimum atomic E-state index is -1.61. The first-order valence-corrected chi connectivity index (χ1v) is 14.3. The van der Waals surface area contributed by atoms with Crippen LogP contribution in [-0.4, -0.2) is 52.8 Å². The molecule has 3 aromatic carbocycles. The van der Waals surface area contributed by atoms with E-state index in [9.17, 15) is 18.6 Å². The van der Waals surface area contributed by atoms with Crippen LogP contribution in [0.15, 0.2) is 76.5 Å². The van der Waals surface area contributed by atoms with Crippen LogP contribution in [0.5, 0.6) is 0 Å². The zero-order valence-electron chi connectivity index (χ0n) is 21.4. The molecular formula is C29H28ClN3O5S. The standard InChI is InChI=1S/C29H28ClN3O5S/c1-2-38-29(36)32-15-13-22(14-16-32)31-27(34)20-9-12-26-24(17-20)33(18-19-7-10-21(30)11-8-19)28(35)23-5-3-4-6-25(23)39(26)37/h3-12,17,22H,2,13-16,18H2,1H3,(H,31,34)/t39-/m1/s1. The summed E-state index contributed by atoms with van der Waals surface area (Å²) in [7, 11) is -1.61. The first-order valence-electron chi connectivity index (χ1n) is 12.8. The Labute approximate surface area is 234 Å². The average molecular weight is 566 g/mol. The number of hydrogen-bond acceptors (Lipinski definition) is 5. The third kappa shape index (κ3) is 5.69. The second-order valence-electron chi connectivity index (χ2n) is 9.40. The summed E-state index contributed by atoms with van der Waals surface area (Å²) in [5.74, 6) is -0.588. The van der Waals surface area contributed by atoms with E-state index in [1.54, 1.807) is 71.3 Å². The Morgan fingerprint density at radius 1 is 1.03 bits per heavy atom. The van der Waals surface area contributed by atoms with Crippen molar-refractivity contribution in [2.24, 2.45) is 0 Å². The molecule has 202 valence electrons. The van der Waals surface area contributed by atoms with Gasteiger partial charge in [-0.15, -0.1) is 0 Å². The number of benzene rings is 3. The lowest BCUT2D eigenvalue weighted by Crippen LogP contribution is -2.46. The predicted octanol–water partition coefficient (Wildman–Crippen LogP) is 5.02. The fourth-order valence-electron chi connectivity index (χ4n) is 4.82. The quantitative estimate of drug-likeness (QED) is 0.469. The summed E-state index contributed by atoms with van der Waals surface area (Å²) in [4.78, 5) is 43.1. The number of carbonyl (C=O) groups excluding carboxylic acids is 3. The van der Waals surface area contributed by atoms with Crippen LogP contribution in [0.1, 0.15) is 46.0 Å². The fraction of sp³-hybridized carbons (Fsp3) is 0.276. The van der Waals surface area contributed by atoms with Gasteiger partial charge in [-0.1, -0.05) is 35.9 Å². The molecule has 39 heavy (non-hydrogen) atoms. The molecule has 1 saturated heterocycles. The molecule has 3 amide bonds. The van der Waals surface area contributed by atoms with E-state index in [0.29, 0.717) is 64.2 Å². The Bertz CT molecular complexity index is 1440. The SMILES string of the molecule is CCOC(=O)N1CCC(NC(=O)c2ccc3c(c2)N(Cc2ccc(Cl)cc2)C(=O)c2ccccc2[S@]3=O)CC1. The third-order valence-corrected chi connectivity index (χ3v) is 8.64. The molecule has 1 atom stereocenters. The van der Waals surface area contributed by atoms with Crippen LogP contribution in [0.2, 0.25) is 5.02 Å². The van der Waals surface area contributed by atoms with Crippen molar-refractivity contribution in [2.75, 3.05) is 24.6 Å². The minimum absolute atomic E-state index is 0.104. The highest BCUT2D eigenvalue weighted by atomic mass is 35.5. The normalized spacial score (nSPS) is 17.2. The zero-order valence-corrected chi connectivity index (χ0v) is 23.0. The summed E-state index contributed by atoms with van der Waals surface area (Å²) in [5, 5.41) is 3.63. The van der Waals surface area contributed by atoms with Crippen molar-refractivity contribution in [3.05, 3.63) is 88.4 Å². The van der Waals surface area contributed by atoms with Gasteiger partial charge in [0.2, 0.25) is 0 Å². The van der Waals surface area contributed by atoms with E-state index in [4.69, 9.17) is 16.3 Å². The van der Waals surface area contributed by atoms with Crippen LogP contribution in [0.4, 0.5) is 10.5 Å². The number of piperidine rings is 1. The highest BCUT2D eigenvalue weighted by Gasteiger charge is 2.32. The van der Waals surface area contributed by atoms with Gasteiger partial charge in [0.25, 0.3) is 11.8 Å². The molecule has 2 heterocycles. The van der Waals surface area contributed by atoms with Gasteiger partial charge in [-0.25, -0.2) is 9.00 Å². The molecule has 1 N–H and O–H groups in total. The Morgan fingerprint density at radius 2 is 1.74 bits per heavy atom. The topological polar surface area (TPSA) is 96.0 Å². The fourth-order valence-corrected chi connectivity index (χ4v) is 6.29. The summed E-state index contributed by atoms with van der Waals surface area (Å²) in [6, 6.07) is 18.9. The number of carbonyl (C=O) groups is 3. The molecule has 3 aromatic rings. The molecule has 0 bridgehead atoms. The molecule has 0 spiro atoms. The van der Waals surface area contributed by atoms with E-state index in [1.807, 2.05) is 12.1 Å². The molecule has 1 fully saturated rings. The molecule has 8 nitrogen and oxygen atoms in total. The summed E-state index contributed by atoms with van der Waals surface area (Å²) < 4.78 is 18.7. The molecule has 0 aromatic heterocycles. The average Bonchev–Trinajstić information content (AvgIpc) is 3.04. The lowest BCUT2D eigenvalue weighted by atomic mass is 10.0. The Balaban J connectivity index is 1.42. The van der Waals surface area contributed by atoms with Crippen molar-refractivity contribution in [3.8, 4) is 0 Å². The second kappa shape index (κ2) is 11.6. The van der Waals surface area contributed by atoms with Crippen LogP contribution in [0, 0.1) is 0 Å². The molecule has 0 aliphatic carbocycles. The van der Waals surface area contributed by atoms with E-state index >= 15 is 0 Å². The summed E-state index contributed by atoms with van der Waals surface area (Å²) >= 11 is 6.06. The Hall–Kier alpha value is -3.69. The van der Waals surface area contributed by atoms with Crippen molar-refractivity contribution >= 4 is 46.0 Å². The first kappa shape index (κ1) is 26.9. The number of halogens is 1. The highest BCUT2D eigenvalue weighted by molar-refractivity contribution is 7.85. The van der Waals surface area contributed by atoms with Gasteiger partial charge in [0.05, 0.1) is 45.0 Å². The number of fused-ring (bicyclic) bond motifs is 2. The van der Waals surface area contributed by atoms with Crippen LogP contribution in [-0.2, 0) is 22.1 Å². The number of nitrogens with zero attached hydrogens (tertiary/aromatic N) is 2. The lowest BCUT2D eigenvalue weighted by molar-refractivity contribution is 0.0858. The highest BCUT2D eigenvalue weighted by Crippen LogP contribution is 2.36. The van der Waals surface area contributed by atoms with Crippen LogP contribution in [0.25, 0.3) is 0 Å². The maximum Gasteiger partial charge on any atom is 0.409 e. The molecule has 2 aliphatic heterocycles. The monoisotopic (exact) mass is 565 g/mol. The number of likely N-dealkylation sites (tertiary alicyclic amines) is 1. The molecule has 0 unspecified atom stereocenters. The van der Waals surface area contributed by atoms with Crippen molar-refractivity contribution in [2.45, 2.75) is 42.1 Å². The van der Waals surface area contributed by atoms with Gasteiger partial charge in [0.1, 0.15) is 0 Å². The maximum absolute atomic E-state index is 13.8. The van der Waals surface area contributed by atoms with Crippen LogP contribution >= 0.6 is 11.6 Å². The largest absolute Gasteiger partial charge is 0.450 e. The van der Waals surface area contributed by atoms with E-state index < -0.39 is 10.8 Å². The van der Waals surface area contributed by atoms with Gasteiger partial charge >= 0.3 is 6.09 Å². The second-order valence-corrected chi connectivity index (χ2v) is 11.3. The lowest BCUT2D eigenvalue weighted by Gasteiger charge is -2.31. The van der Waals surface area contributed by atoms with Gasteiger partial charge in [-0.3, -0.25) is 9.59 Å². The number of nitrogens with one attached hydrogen (secondary N) is 1. The molecule has 2 aliphatic rings. The molecule has 10 heteroatoms. The van der Waals surface area contributed by atoms with E-state index in [2.05, 4.69) is 5.32 Å². The number of ether oxygens (including phenoxy) is 1. The Morgan fingerprint density at radius 3 is 2.46 bits per heavy atom. The number of amides is 3. The summed E-state index contributed by atoms with van der Waals surface area (Å²) in [6.45, 7) is 3.29. The van der Waals surface area contributed by atoms with Gasteiger partial charge < -0.3 is 19.9 Å². The summed E-state index contributed by atoms with van der Waals surface area (Å²) in [5.41, 5.74) is 1.99. The van der Waals surface area contributed by atoms with Crippen molar-refractivity contribution < 1.29 is 23.3 Å². The van der Waals surface area contributed by atoms with Gasteiger partial charge in [-0.05, 0) is 67.8 Å². The van der Waals surface area contributed by atoms with E-state index in [0.717, 1.165) is 5.56 Å². The molecule has 0 saturated carbocycles. The van der Waals surface area contributed by atoms with E-state index in [-0.39, 0.29) is 30.5 Å². The molecule has 5 rings (SSSR count). The smallest absolute Gasteiger partial charge is 0.409 e. The molecule has 0 radical (unpaired) electrons. The van der Waals surface area contributed by atoms with Crippen LogP contribution in [0.3, 0.4) is 0 Å². The number of hydrogen-bond donors (Lipinski definition) is 1. The predicted molar refractivity (Wildman–Crippen MR) is 149 cm³/mol. The van der Waals surface area contributed by atoms with Gasteiger partial charge in [0.15, 0.2) is 0 Å². The van der Waals surface area contributed by atoms with Crippen LogP contribution < -0.4 is 10.2 Å². The Kier molecular flexibility index (Phi) is 7.99. The first-order chi connectivity index (χ1) is 18.9. The van der Waals surface area contributed by atoms with E-state index in [1.165, 1.54) is 0 Å².